The fraction of sp³-hybridized carbons (Fsp3) is 0.100. The number of hydrogen-bond acceptors (Lipinski definition) is 4. The zero-order valence-corrected chi connectivity index (χ0v) is 15.0. The number of nitrogens with one attached hydrogen (secondary N) is 2. The van der Waals surface area contributed by atoms with E-state index >= 15 is 0 Å². The molecule has 1 heterocycles. The molecule has 2 amide bonds. The Labute approximate surface area is 159 Å². The highest BCUT2D eigenvalue weighted by molar-refractivity contribution is 6.04. The maximum absolute atomic E-state index is 13.0. The molecule has 0 saturated heterocycles. The van der Waals surface area contributed by atoms with E-state index in [1.807, 2.05) is 0 Å². The second kappa shape index (κ2) is 8.26. The normalized spacial score (nSPS) is 10.4. The summed E-state index contributed by atoms with van der Waals surface area (Å²) in [5, 5.41) is 9.33. The predicted octanol–water partition coefficient (Wildman–Crippen LogP) is 2.10. The van der Waals surface area contributed by atoms with Crippen LogP contribution in [0.3, 0.4) is 0 Å². The molecule has 7 nitrogen and oxygen atoms in total. The lowest BCUT2D eigenvalue weighted by atomic mass is 10.1. The molecule has 0 unspecified atom stereocenters. The molecule has 3 rings (SSSR count). The second-order valence-corrected chi connectivity index (χ2v) is 6.02. The lowest BCUT2D eigenvalue weighted by Crippen LogP contribution is -2.28. The van der Waals surface area contributed by atoms with E-state index in [-0.39, 0.29) is 23.7 Å². The van der Waals surface area contributed by atoms with Crippen molar-refractivity contribution >= 4 is 17.5 Å². The minimum Gasteiger partial charge on any atom is -0.347 e. The van der Waals surface area contributed by atoms with E-state index in [0.717, 1.165) is 10.2 Å². The Morgan fingerprint density at radius 1 is 1.04 bits per heavy atom. The molecular weight excluding hydrogens is 363 g/mol. The number of nitrogens with zero attached hydrogens (tertiary/aromatic N) is 2. The SMILES string of the molecule is Cn1nc(C(=O)NCc2cccc(NC(=O)c3ccc(F)cc3)c2)ccc1=O. The van der Waals surface area contributed by atoms with Crippen LogP contribution in [0.2, 0.25) is 0 Å². The number of hydrogen-bond donors (Lipinski definition) is 2. The summed E-state index contributed by atoms with van der Waals surface area (Å²) >= 11 is 0. The first-order valence-corrected chi connectivity index (χ1v) is 8.41. The molecule has 0 bridgehead atoms. The van der Waals surface area contributed by atoms with Gasteiger partial charge in [-0.05, 0) is 48.0 Å². The minimum absolute atomic E-state index is 0.128. The van der Waals surface area contributed by atoms with Gasteiger partial charge in [-0.25, -0.2) is 9.07 Å². The Bertz CT molecular complexity index is 1080. The number of benzene rings is 2. The first kappa shape index (κ1) is 19.0. The smallest absolute Gasteiger partial charge is 0.271 e. The molecule has 8 heteroatoms. The number of aryl methyl sites for hydroxylation is 1. The molecule has 28 heavy (non-hydrogen) atoms. The quantitative estimate of drug-likeness (QED) is 0.709. The summed E-state index contributed by atoms with van der Waals surface area (Å²) in [5.41, 5.74) is 1.46. The monoisotopic (exact) mass is 380 g/mol. The summed E-state index contributed by atoms with van der Waals surface area (Å²) in [6.07, 6.45) is 0. The number of rotatable bonds is 5. The molecule has 0 spiro atoms. The number of carbonyl (C=O) groups is 2. The van der Waals surface area contributed by atoms with Crippen LogP contribution >= 0.6 is 0 Å². The lowest BCUT2D eigenvalue weighted by molar-refractivity contribution is 0.0942. The van der Waals surface area contributed by atoms with Crippen molar-refractivity contribution in [2.24, 2.45) is 7.05 Å². The Hall–Kier alpha value is -3.81. The molecule has 0 aliphatic heterocycles. The summed E-state index contributed by atoms with van der Waals surface area (Å²) in [6.45, 7) is 0.212. The number of aromatic nitrogens is 2. The molecule has 0 fully saturated rings. The topological polar surface area (TPSA) is 93.1 Å². The number of anilines is 1. The van der Waals surface area contributed by atoms with Crippen molar-refractivity contribution in [1.29, 1.82) is 0 Å². The standard InChI is InChI=1S/C20H17FN4O3/c1-25-18(26)10-9-17(24-25)20(28)22-12-13-3-2-4-16(11-13)23-19(27)14-5-7-15(21)8-6-14/h2-11H,12H2,1H3,(H,22,28)(H,23,27). The third-order valence-corrected chi connectivity index (χ3v) is 3.94. The molecular formula is C20H17FN4O3. The molecule has 0 radical (unpaired) electrons. The number of halogens is 1. The van der Waals surface area contributed by atoms with Gasteiger partial charge in [-0.1, -0.05) is 12.1 Å². The van der Waals surface area contributed by atoms with Crippen molar-refractivity contribution in [1.82, 2.24) is 15.1 Å². The third-order valence-electron chi connectivity index (χ3n) is 3.94. The van der Waals surface area contributed by atoms with Gasteiger partial charge in [0.1, 0.15) is 11.5 Å². The fourth-order valence-electron chi connectivity index (χ4n) is 2.46. The van der Waals surface area contributed by atoms with Crippen LogP contribution in [-0.2, 0) is 13.6 Å². The van der Waals surface area contributed by atoms with E-state index < -0.39 is 11.7 Å². The Balaban J connectivity index is 1.63. The zero-order chi connectivity index (χ0) is 20.1. The van der Waals surface area contributed by atoms with Gasteiger partial charge in [0.05, 0.1) is 0 Å². The van der Waals surface area contributed by atoms with Crippen LogP contribution in [0.25, 0.3) is 0 Å². The molecule has 142 valence electrons. The van der Waals surface area contributed by atoms with Crippen LogP contribution in [-0.4, -0.2) is 21.6 Å². The molecule has 0 saturated carbocycles. The molecule has 0 aliphatic carbocycles. The van der Waals surface area contributed by atoms with Crippen molar-refractivity contribution in [3.63, 3.8) is 0 Å². The van der Waals surface area contributed by atoms with Gasteiger partial charge in [-0.2, -0.15) is 5.10 Å². The largest absolute Gasteiger partial charge is 0.347 e. The molecule has 0 aliphatic rings. The van der Waals surface area contributed by atoms with Crippen LogP contribution < -0.4 is 16.2 Å². The molecule has 1 aromatic heterocycles. The van der Waals surface area contributed by atoms with Crippen LogP contribution in [0.15, 0.2) is 65.5 Å². The van der Waals surface area contributed by atoms with Gasteiger partial charge in [-0.3, -0.25) is 14.4 Å². The summed E-state index contributed by atoms with van der Waals surface area (Å²) in [7, 11) is 1.46. The molecule has 2 aromatic carbocycles. The molecule has 2 N–H and O–H groups in total. The van der Waals surface area contributed by atoms with Crippen molar-refractivity contribution in [2.45, 2.75) is 6.54 Å². The summed E-state index contributed by atoms with van der Waals surface area (Å²) in [4.78, 5) is 35.7. The highest BCUT2D eigenvalue weighted by Gasteiger charge is 2.09. The molecule has 0 atom stereocenters. The van der Waals surface area contributed by atoms with Gasteiger partial charge in [0, 0.05) is 30.9 Å². The fourth-order valence-corrected chi connectivity index (χ4v) is 2.46. The van der Waals surface area contributed by atoms with Gasteiger partial charge in [0.15, 0.2) is 0 Å². The van der Waals surface area contributed by atoms with Gasteiger partial charge < -0.3 is 10.6 Å². The second-order valence-electron chi connectivity index (χ2n) is 6.02. The third kappa shape index (κ3) is 4.67. The number of amides is 2. The number of carbonyl (C=O) groups excluding carboxylic acids is 2. The van der Waals surface area contributed by atoms with Crippen LogP contribution in [0.4, 0.5) is 10.1 Å². The van der Waals surface area contributed by atoms with Gasteiger partial charge in [0.25, 0.3) is 17.4 Å². The Morgan fingerprint density at radius 2 is 1.79 bits per heavy atom. The first-order valence-electron chi connectivity index (χ1n) is 8.41. The van der Waals surface area contributed by atoms with Crippen LogP contribution in [0.5, 0.6) is 0 Å². The highest BCUT2D eigenvalue weighted by atomic mass is 19.1. The Morgan fingerprint density at radius 3 is 2.50 bits per heavy atom. The summed E-state index contributed by atoms with van der Waals surface area (Å²) < 4.78 is 14.0. The van der Waals surface area contributed by atoms with E-state index in [0.29, 0.717) is 11.3 Å². The summed E-state index contributed by atoms with van der Waals surface area (Å²) in [5.74, 6) is -1.20. The van der Waals surface area contributed by atoms with Crippen molar-refractivity contribution < 1.29 is 14.0 Å². The molecule has 3 aromatic rings. The van der Waals surface area contributed by atoms with Gasteiger partial charge in [0.2, 0.25) is 0 Å². The first-order chi connectivity index (χ1) is 13.4. The maximum atomic E-state index is 13.0. The highest BCUT2D eigenvalue weighted by Crippen LogP contribution is 2.13. The van der Waals surface area contributed by atoms with E-state index in [1.54, 1.807) is 24.3 Å². The predicted molar refractivity (Wildman–Crippen MR) is 101 cm³/mol. The lowest BCUT2D eigenvalue weighted by Gasteiger charge is -2.09. The van der Waals surface area contributed by atoms with Crippen LogP contribution in [0, 0.1) is 5.82 Å². The van der Waals surface area contributed by atoms with E-state index in [9.17, 15) is 18.8 Å². The van der Waals surface area contributed by atoms with Gasteiger partial charge >= 0.3 is 0 Å². The van der Waals surface area contributed by atoms with Crippen LogP contribution in [0.1, 0.15) is 26.4 Å². The van der Waals surface area contributed by atoms with E-state index in [2.05, 4.69) is 15.7 Å². The van der Waals surface area contributed by atoms with Gasteiger partial charge in [-0.15, -0.1) is 0 Å². The average molecular weight is 380 g/mol. The zero-order valence-electron chi connectivity index (χ0n) is 15.0. The Kier molecular flexibility index (Phi) is 5.59. The van der Waals surface area contributed by atoms with Crippen molar-refractivity contribution in [3.8, 4) is 0 Å². The maximum Gasteiger partial charge on any atom is 0.271 e. The van der Waals surface area contributed by atoms with Crippen molar-refractivity contribution in [2.75, 3.05) is 5.32 Å². The van der Waals surface area contributed by atoms with Crippen molar-refractivity contribution in [3.05, 3.63) is 93.7 Å². The average Bonchev–Trinajstić information content (AvgIpc) is 2.69. The minimum atomic E-state index is -0.420. The van der Waals surface area contributed by atoms with E-state index in [1.165, 1.54) is 43.4 Å². The van der Waals surface area contributed by atoms with E-state index in [4.69, 9.17) is 0 Å². The summed E-state index contributed by atoms with van der Waals surface area (Å²) in [6, 6.07) is 14.8.